The SMILES string of the molecule is CCC1CCC(C)N1C(C(=O)NN)C(C)C. The van der Waals surface area contributed by atoms with Crippen molar-refractivity contribution in [3.63, 3.8) is 0 Å². The fourth-order valence-electron chi connectivity index (χ4n) is 2.88. The maximum Gasteiger partial charge on any atom is 0.251 e. The Bertz CT molecular complexity index is 242. The van der Waals surface area contributed by atoms with Gasteiger partial charge in [0.25, 0.3) is 5.91 Å². The summed E-state index contributed by atoms with van der Waals surface area (Å²) >= 11 is 0. The summed E-state index contributed by atoms with van der Waals surface area (Å²) < 4.78 is 0. The fraction of sp³-hybridized carbons (Fsp3) is 0.917. The van der Waals surface area contributed by atoms with E-state index >= 15 is 0 Å². The molecule has 1 rings (SSSR count). The molecular formula is C12H25N3O. The Kier molecular flexibility index (Phi) is 4.74. The first-order valence-corrected chi connectivity index (χ1v) is 6.30. The van der Waals surface area contributed by atoms with Gasteiger partial charge in [0.1, 0.15) is 0 Å². The molecule has 1 heterocycles. The Morgan fingerprint density at radius 3 is 2.56 bits per heavy atom. The van der Waals surface area contributed by atoms with E-state index in [9.17, 15) is 4.79 Å². The summed E-state index contributed by atoms with van der Waals surface area (Å²) in [5.74, 6) is 5.52. The summed E-state index contributed by atoms with van der Waals surface area (Å²) in [6, 6.07) is 0.918. The maximum atomic E-state index is 11.9. The molecule has 4 heteroatoms. The minimum absolute atomic E-state index is 0.0535. The Morgan fingerprint density at radius 2 is 2.12 bits per heavy atom. The topological polar surface area (TPSA) is 58.4 Å². The molecule has 1 fully saturated rings. The van der Waals surface area contributed by atoms with Gasteiger partial charge in [-0.2, -0.15) is 0 Å². The molecule has 0 aromatic carbocycles. The van der Waals surface area contributed by atoms with Crippen molar-refractivity contribution in [3.05, 3.63) is 0 Å². The first kappa shape index (κ1) is 13.5. The van der Waals surface area contributed by atoms with E-state index < -0.39 is 0 Å². The highest BCUT2D eigenvalue weighted by Crippen LogP contribution is 2.30. The Labute approximate surface area is 98.5 Å². The van der Waals surface area contributed by atoms with Gasteiger partial charge < -0.3 is 0 Å². The lowest BCUT2D eigenvalue weighted by atomic mass is 9.99. The average Bonchev–Trinajstić information content (AvgIpc) is 2.60. The normalized spacial score (nSPS) is 28.4. The summed E-state index contributed by atoms with van der Waals surface area (Å²) in [5.41, 5.74) is 2.31. The molecule has 0 bridgehead atoms. The molecule has 0 aromatic rings. The number of nitrogens with zero attached hydrogens (tertiary/aromatic N) is 1. The van der Waals surface area contributed by atoms with Crippen LogP contribution in [0.2, 0.25) is 0 Å². The van der Waals surface area contributed by atoms with Crippen LogP contribution >= 0.6 is 0 Å². The number of hydrogen-bond donors (Lipinski definition) is 2. The number of rotatable bonds is 4. The highest BCUT2D eigenvalue weighted by Gasteiger charge is 2.39. The van der Waals surface area contributed by atoms with E-state index in [2.05, 4.69) is 38.0 Å². The minimum Gasteiger partial charge on any atom is -0.293 e. The lowest BCUT2D eigenvalue weighted by Gasteiger charge is -2.37. The predicted molar refractivity (Wildman–Crippen MR) is 65.6 cm³/mol. The average molecular weight is 227 g/mol. The summed E-state index contributed by atoms with van der Waals surface area (Å²) in [4.78, 5) is 14.2. The molecule has 1 saturated heterocycles. The van der Waals surface area contributed by atoms with E-state index in [4.69, 9.17) is 5.84 Å². The van der Waals surface area contributed by atoms with Crippen LogP contribution in [0.25, 0.3) is 0 Å². The van der Waals surface area contributed by atoms with Gasteiger partial charge in [-0.05, 0) is 32.1 Å². The number of nitrogens with two attached hydrogens (primary N) is 1. The van der Waals surface area contributed by atoms with Gasteiger partial charge in [-0.1, -0.05) is 20.8 Å². The Hall–Kier alpha value is -0.610. The van der Waals surface area contributed by atoms with Gasteiger partial charge in [0.05, 0.1) is 6.04 Å². The molecule has 0 saturated carbocycles. The smallest absolute Gasteiger partial charge is 0.251 e. The van der Waals surface area contributed by atoms with E-state index in [1.165, 1.54) is 12.8 Å². The summed E-state index contributed by atoms with van der Waals surface area (Å²) in [7, 11) is 0. The van der Waals surface area contributed by atoms with Crippen LogP contribution in [0.1, 0.15) is 47.0 Å². The summed E-state index contributed by atoms with van der Waals surface area (Å²) in [6.45, 7) is 8.55. The lowest BCUT2D eigenvalue weighted by Crippen LogP contribution is -2.55. The highest BCUT2D eigenvalue weighted by molar-refractivity contribution is 5.81. The molecule has 0 aliphatic carbocycles. The minimum atomic E-state index is -0.0903. The molecule has 0 radical (unpaired) electrons. The summed E-state index contributed by atoms with van der Waals surface area (Å²) in [5, 5.41) is 0. The number of hydrazine groups is 1. The third-order valence-corrected chi connectivity index (χ3v) is 3.68. The van der Waals surface area contributed by atoms with Crippen molar-refractivity contribution in [1.29, 1.82) is 0 Å². The molecule has 3 atom stereocenters. The van der Waals surface area contributed by atoms with Crippen molar-refractivity contribution < 1.29 is 4.79 Å². The van der Waals surface area contributed by atoms with Crippen molar-refractivity contribution in [3.8, 4) is 0 Å². The first-order chi connectivity index (χ1) is 7.52. The molecular weight excluding hydrogens is 202 g/mol. The van der Waals surface area contributed by atoms with E-state index in [1.807, 2.05) is 0 Å². The van der Waals surface area contributed by atoms with Crippen molar-refractivity contribution in [2.24, 2.45) is 11.8 Å². The van der Waals surface area contributed by atoms with Gasteiger partial charge in [-0.25, -0.2) is 5.84 Å². The zero-order valence-corrected chi connectivity index (χ0v) is 10.9. The Balaban J connectivity index is 2.87. The molecule has 0 spiro atoms. The van der Waals surface area contributed by atoms with E-state index in [1.54, 1.807) is 0 Å². The molecule has 3 unspecified atom stereocenters. The third-order valence-electron chi connectivity index (χ3n) is 3.68. The zero-order chi connectivity index (χ0) is 12.3. The fourth-order valence-corrected chi connectivity index (χ4v) is 2.88. The van der Waals surface area contributed by atoms with Gasteiger partial charge >= 0.3 is 0 Å². The number of carbonyl (C=O) groups excluding carboxylic acids is 1. The van der Waals surface area contributed by atoms with Crippen LogP contribution in [0.15, 0.2) is 0 Å². The second kappa shape index (κ2) is 5.64. The number of amides is 1. The second-order valence-electron chi connectivity index (χ2n) is 5.13. The second-order valence-corrected chi connectivity index (χ2v) is 5.13. The first-order valence-electron chi connectivity index (χ1n) is 6.30. The van der Waals surface area contributed by atoms with E-state index in [0.717, 1.165) is 6.42 Å². The van der Waals surface area contributed by atoms with E-state index in [0.29, 0.717) is 12.1 Å². The lowest BCUT2D eigenvalue weighted by molar-refractivity contribution is -0.129. The van der Waals surface area contributed by atoms with Crippen LogP contribution in [-0.2, 0) is 4.79 Å². The monoisotopic (exact) mass is 227 g/mol. The van der Waals surface area contributed by atoms with Crippen molar-refractivity contribution in [1.82, 2.24) is 10.3 Å². The standard InChI is InChI=1S/C12H25N3O/c1-5-10-7-6-9(4)15(10)11(8(2)3)12(16)14-13/h8-11H,5-7,13H2,1-4H3,(H,14,16). The quantitative estimate of drug-likeness (QED) is 0.432. The molecule has 1 aliphatic heterocycles. The van der Waals surface area contributed by atoms with Gasteiger partial charge in [0.2, 0.25) is 0 Å². The molecule has 0 aromatic heterocycles. The third kappa shape index (κ3) is 2.55. The van der Waals surface area contributed by atoms with E-state index in [-0.39, 0.29) is 17.9 Å². The Morgan fingerprint density at radius 1 is 1.50 bits per heavy atom. The summed E-state index contributed by atoms with van der Waals surface area (Å²) in [6.07, 6.45) is 3.48. The molecule has 1 aliphatic rings. The molecule has 1 amide bonds. The maximum absolute atomic E-state index is 11.9. The van der Waals surface area contributed by atoms with Crippen molar-refractivity contribution in [2.45, 2.75) is 65.1 Å². The number of likely N-dealkylation sites (tertiary alicyclic amines) is 1. The largest absolute Gasteiger partial charge is 0.293 e. The van der Waals surface area contributed by atoms with Crippen molar-refractivity contribution >= 4 is 5.91 Å². The molecule has 16 heavy (non-hydrogen) atoms. The van der Waals surface area contributed by atoms with Gasteiger partial charge in [-0.3, -0.25) is 15.1 Å². The molecule has 4 nitrogen and oxygen atoms in total. The van der Waals surface area contributed by atoms with Gasteiger partial charge in [0, 0.05) is 12.1 Å². The van der Waals surface area contributed by atoms with Crippen molar-refractivity contribution in [2.75, 3.05) is 0 Å². The zero-order valence-electron chi connectivity index (χ0n) is 10.9. The predicted octanol–water partition coefficient (Wildman–Crippen LogP) is 1.26. The van der Waals surface area contributed by atoms with Crippen LogP contribution in [0, 0.1) is 5.92 Å². The van der Waals surface area contributed by atoms with Crippen LogP contribution in [-0.4, -0.2) is 28.9 Å². The van der Waals surface area contributed by atoms with Crippen LogP contribution in [0.4, 0.5) is 0 Å². The van der Waals surface area contributed by atoms with Gasteiger partial charge in [-0.15, -0.1) is 0 Å². The van der Waals surface area contributed by atoms with Gasteiger partial charge in [0.15, 0.2) is 0 Å². The number of carbonyl (C=O) groups is 1. The van der Waals surface area contributed by atoms with Crippen LogP contribution in [0.5, 0.6) is 0 Å². The highest BCUT2D eigenvalue weighted by atomic mass is 16.2. The number of hydrogen-bond acceptors (Lipinski definition) is 3. The molecule has 94 valence electrons. The number of nitrogens with one attached hydrogen (secondary N) is 1. The van der Waals surface area contributed by atoms with Crippen LogP contribution < -0.4 is 11.3 Å². The van der Waals surface area contributed by atoms with Crippen LogP contribution in [0.3, 0.4) is 0 Å². The molecule has 3 N–H and O–H groups in total.